The van der Waals surface area contributed by atoms with Crippen molar-refractivity contribution in [2.75, 3.05) is 26.2 Å². The number of rotatable bonds is 5. The minimum absolute atomic E-state index is 0.0816. The fourth-order valence-electron chi connectivity index (χ4n) is 2.68. The average Bonchev–Trinajstić information content (AvgIpc) is 2.84. The van der Waals surface area contributed by atoms with E-state index in [1.807, 2.05) is 30.3 Å². The Morgan fingerprint density at radius 2 is 2.00 bits per heavy atom. The van der Waals surface area contributed by atoms with Gasteiger partial charge in [-0.2, -0.15) is 0 Å². The summed E-state index contributed by atoms with van der Waals surface area (Å²) in [5.41, 5.74) is 0.339. The molecule has 0 bridgehead atoms. The van der Waals surface area contributed by atoms with E-state index in [1.165, 1.54) is 6.92 Å². The molecule has 1 fully saturated rings. The van der Waals surface area contributed by atoms with Crippen molar-refractivity contribution >= 4 is 11.8 Å². The van der Waals surface area contributed by atoms with Crippen molar-refractivity contribution in [1.82, 2.24) is 9.80 Å². The minimum atomic E-state index is -0.805. The van der Waals surface area contributed by atoms with Gasteiger partial charge in [-0.1, -0.05) is 30.3 Å². The van der Waals surface area contributed by atoms with Gasteiger partial charge in [-0.3, -0.25) is 9.59 Å². The first-order chi connectivity index (χ1) is 10.4. The number of hydrogen-bond donors (Lipinski definition) is 1. The molecule has 0 radical (unpaired) electrons. The fraction of sp³-hybridized carbons (Fsp3) is 0.529. The molecule has 1 atom stereocenters. The molecule has 1 saturated heterocycles. The zero-order chi connectivity index (χ0) is 16.2. The molecular weight excluding hydrogens is 280 g/mol. The number of likely N-dealkylation sites (tertiary alicyclic amines) is 1. The van der Waals surface area contributed by atoms with Crippen LogP contribution in [0.25, 0.3) is 0 Å². The smallest absolute Gasteiger partial charge is 0.242 e. The van der Waals surface area contributed by atoms with Gasteiger partial charge in [0.2, 0.25) is 11.8 Å². The van der Waals surface area contributed by atoms with Gasteiger partial charge in [-0.25, -0.2) is 0 Å². The molecule has 1 heterocycles. The van der Waals surface area contributed by atoms with Crippen LogP contribution in [0.2, 0.25) is 0 Å². The van der Waals surface area contributed by atoms with Crippen molar-refractivity contribution in [2.24, 2.45) is 0 Å². The van der Waals surface area contributed by atoms with Gasteiger partial charge in [-0.05, 0) is 25.3 Å². The predicted octanol–water partition coefficient (Wildman–Crippen LogP) is 1.06. The van der Waals surface area contributed by atoms with Crippen LogP contribution in [0.3, 0.4) is 0 Å². The summed E-state index contributed by atoms with van der Waals surface area (Å²) < 4.78 is 0. The molecule has 1 aliphatic heterocycles. The third-order valence-electron chi connectivity index (χ3n) is 4.09. The quantitative estimate of drug-likeness (QED) is 0.885. The van der Waals surface area contributed by atoms with Crippen LogP contribution in [-0.4, -0.2) is 58.5 Å². The zero-order valence-electron chi connectivity index (χ0n) is 13.3. The molecule has 0 unspecified atom stereocenters. The summed E-state index contributed by atoms with van der Waals surface area (Å²) in [6, 6.07) is 9.90. The monoisotopic (exact) mass is 304 g/mol. The second-order valence-corrected chi connectivity index (χ2v) is 6.24. The number of amides is 2. The van der Waals surface area contributed by atoms with E-state index in [4.69, 9.17) is 0 Å². The number of β-amino-alcohol motifs (C(OH)–C–C–N with tert-alkyl or cyclic N) is 1. The first-order valence-electron chi connectivity index (χ1n) is 7.67. The predicted molar refractivity (Wildman–Crippen MR) is 84.2 cm³/mol. The van der Waals surface area contributed by atoms with Gasteiger partial charge in [0, 0.05) is 26.6 Å². The lowest BCUT2D eigenvalue weighted by Crippen LogP contribution is -2.43. The third-order valence-corrected chi connectivity index (χ3v) is 4.09. The molecule has 120 valence electrons. The van der Waals surface area contributed by atoms with Crippen molar-refractivity contribution in [3.05, 3.63) is 35.9 Å². The van der Waals surface area contributed by atoms with Crippen molar-refractivity contribution in [2.45, 2.75) is 32.3 Å². The van der Waals surface area contributed by atoms with Crippen LogP contribution in [0.5, 0.6) is 0 Å². The Morgan fingerprint density at radius 3 is 2.55 bits per heavy atom. The lowest BCUT2D eigenvalue weighted by molar-refractivity contribution is -0.139. The van der Waals surface area contributed by atoms with Crippen LogP contribution in [0.15, 0.2) is 30.3 Å². The Bertz CT molecular complexity index is 528. The maximum Gasteiger partial charge on any atom is 0.242 e. The maximum absolute atomic E-state index is 12.3. The Balaban J connectivity index is 1.89. The third kappa shape index (κ3) is 4.56. The van der Waals surface area contributed by atoms with Crippen LogP contribution >= 0.6 is 0 Å². The number of nitrogens with zero attached hydrogens (tertiary/aromatic N) is 2. The van der Waals surface area contributed by atoms with Crippen molar-refractivity contribution < 1.29 is 14.7 Å². The SMILES string of the molecule is CC(=O)N(CCc1ccccc1)CC(=O)N1CC[C@](C)(O)C1. The van der Waals surface area contributed by atoms with E-state index in [2.05, 4.69) is 0 Å². The standard InChI is InChI=1S/C17H24N2O3/c1-14(20)18(10-8-15-6-4-3-5-7-15)12-16(21)19-11-9-17(2,22)13-19/h3-7,22H,8-13H2,1-2H3/t17-/m0/s1. The summed E-state index contributed by atoms with van der Waals surface area (Å²) in [6.07, 6.45) is 1.31. The van der Waals surface area contributed by atoms with Gasteiger partial charge < -0.3 is 14.9 Å². The second kappa shape index (κ2) is 6.92. The number of carbonyl (C=O) groups is 2. The van der Waals surface area contributed by atoms with E-state index in [9.17, 15) is 14.7 Å². The Morgan fingerprint density at radius 1 is 1.32 bits per heavy atom. The molecule has 1 aliphatic rings. The van der Waals surface area contributed by atoms with Gasteiger partial charge in [-0.15, -0.1) is 0 Å². The Kier molecular flexibility index (Phi) is 5.19. The first-order valence-corrected chi connectivity index (χ1v) is 7.67. The van der Waals surface area contributed by atoms with Crippen LogP contribution < -0.4 is 0 Å². The van der Waals surface area contributed by atoms with Crippen molar-refractivity contribution in [1.29, 1.82) is 0 Å². The largest absolute Gasteiger partial charge is 0.388 e. The average molecular weight is 304 g/mol. The summed E-state index contributed by atoms with van der Waals surface area (Å²) >= 11 is 0. The van der Waals surface area contributed by atoms with Crippen molar-refractivity contribution in [3.63, 3.8) is 0 Å². The first kappa shape index (κ1) is 16.5. The Labute approximate surface area is 131 Å². The van der Waals surface area contributed by atoms with E-state index in [0.29, 0.717) is 26.1 Å². The molecule has 5 nitrogen and oxygen atoms in total. The van der Waals surface area contributed by atoms with Crippen LogP contribution in [-0.2, 0) is 16.0 Å². The van der Waals surface area contributed by atoms with E-state index < -0.39 is 5.60 Å². The minimum Gasteiger partial charge on any atom is -0.388 e. The van der Waals surface area contributed by atoms with E-state index >= 15 is 0 Å². The summed E-state index contributed by atoms with van der Waals surface area (Å²) in [7, 11) is 0. The molecule has 1 N–H and O–H groups in total. The lowest BCUT2D eigenvalue weighted by Gasteiger charge is -2.25. The lowest BCUT2D eigenvalue weighted by atomic mass is 10.1. The Hall–Kier alpha value is -1.88. The van der Waals surface area contributed by atoms with E-state index in [0.717, 1.165) is 12.0 Å². The van der Waals surface area contributed by atoms with E-state index in [1.54, 1.807) is 16.7 Å². The van der Waals surface area contributed by atoms with Crippen LogP contribution in [0, 0.1) is 0 Å². The maximum atomic E-state index is 12.3. The molecule has 0 aliphatic carbocycles. The highest BCUT2D eigenvalue weighted by Gasteiger charge is 2.34. The normalized spacial score (nSPS) is 21.0. The highest BCUT2D eigenvalue weighted by Crippen LogP contribution is 2.20. The molecule has 0 aromatic heterocycles. The molecule has 2 amide bonds. The molecule has 0 spiro atoms. The number of benzene rings is 1. The van der Waals surface area contributed by atoms with Gasteiger partial charge in [0.15, 0.2) is 0 Å². The van der Waals surface area contributed by atoms with Gasteiger partial charge >= 0.3 is 0 Å². The van der Waals surface area contributed by atoms with Crippen LogP contribution in [0.1, 0.15) is 25.8 Å². The number of hydrogen-bond acceptors (Lipinski definition) is 3. The summed E-state index contributed by atoms with van der Waals surface area (Å²) in [5.74, 6) is -0.198. The molecule has 1 aromatic carbocycles. The highest BCUT2D eigenvalue weighted by molar-refractivity contribution is 5.84. The zero-order valence-corrected chi connectivity index (χ0v) is 13.3. The molecule has 22 heavy (non-hydrogen) atoms. The number of carbonyl (C=O) groups excluding carboxylic acids is 2. The summed E-state index contributed by atoms with van der Waals surface area (Å²) in [5, 5.41) is 9.93. The second-order valence-electron chi connectivity index (χ2n) is 6.24. The molecule has 0 saturated carbocycles. The summed E-state index contributed by atoms with van der Waals surface area (Å²) in [6.45, 7) is 4.72. The van der Waals surface area contributed by atoms with Gasteiger partial charge in [0.1, 0.15) is 0 Å². The van der Waals surface area contributed by atoms with Gasteiger partial charge in [0.05, 0.1) is 12.1 Å². The summed E-state index contributed by atoms with van der Waals surface area (Å²) in [4.78, 5) is 27.2. The molecule has 2 rings (SSSR count). The van der Waals surface area contributed by atoms with E-state index in [-0.39, 0.29) is 18.4 Å². The molecule has 5 heteroatoms. The highest BCUT2D eigenvalue weighted by atomic mass is 16.3. The molecular formula is C17H24N2O3. The van der Waals surface area contributed by atoms with Gasteiger partial charge in [0.25, 0.3) is 0 Å². The molecule has 1 aromatic rings. The fourth-order valence-corrected chi connectivity index (χ4v) is 2.68. The number of aliphatic hydroxyl groups is 1. The topological polar surface area (TPSA) is 60.9 Å². The van der Waals surface area contributed by atoms with Crippen LogP contribution in [0.4, 0.5) is 0 Å². The van der Waals surface area contributed by atoms with Crippen molar-refractivity contribution in [3.8, 4) is 0 Å².